The van der Waals surface area contributed by atoms with Crippen LogP contribution in [-0.4, -0.2) is 121 Å². The number of amides is 5. The lowest BCUT2D eigenvalue weighted by molar-refractivity contribution is -0.139. The zero-order chi connectivity index (χ0) is 28.7. The summed E-state index contributed by atoms with van der Waals surface area (Å²) < 4.78 is 25.5. The summed E-state index contributed by atoms with van der Waals surface area (Å²) >= 11 is 0. The van der Waals surface area contributed by atoms with E-state index in [2.05, 4.69) is 16.0 Å². The molecule has 1 unspecified atom stereocenters. The third-order valence-corrected chi connectivity index (χ3v) is 5.53. The van der Waals surface area contributed by atoms with Gasteiger partial charge in [0.25, 0.3) is 0 Å². The second kappa shape index (κ2) is 22.1. The van der Waals surface area contributed by atoms with Crippen LogP contribution in [0.25, 0.3) is 0 Å². The quantitative estimate of drug-likeness (QED) is 0.110. The molecule has 5 amide bonds. The number of hydrogen-bond acceptors (Lipinski definition) is 10. The van der Waals surface area contributed by atoms with Crippen LogP contribution in [0.2, 0.25) is 0 Å². The minimum Gasteiger partial charge on any atom is -0.447 e. The molecule has 14 heteroatoms. The molecule has 1 saturated heterocycles. The minimum atomic E-state index is -0.624. The fourth-order valence-electron chi connectivity index (χ4n) is 3.46. The SMILES string of the molecule is COCCOCCNC(=O)COCCNC(=O)OCCOCCNC(=O)CCCCCN1C(=O)CC(C)C1=O. The van der Waals surface area contributed by atoms with Crippen LogP contribution < -0.4 is 16.0 Å². The maximum Gasteiger partial charge on any atom is 0.407 e. The Bertz CT molecular complexity index is 752. The lowest BCUT2D eigenvalue weighted by Crippen LogP contribution is -2.33. The van der Waals surface area contributed by atoms with Gasteiger partial charge in [0, 0.05) is 52.0 Å². The van der Waals surface area contributed by atoms with Crippen LogP contribution in [0.1, 0.15) is 39.0 Å². The van der Waals surface area contributed by atoms with Gasteiger partial charge in [-0.3, -0.25) is 24.1 Å². The van der Waals surface area contributed by atoms with E-state index in [-0.39, 0.29) is 75.5 Å². The van der Waals surface area contributed by atoms with Crippen LogP contribution in [0.5, 0.6) is 0 Å². The molecular weight excluding hydrogens is 516 g/mol. The first-order valence-corrected chi connectivity index (χ1v) is 13.4. The number of alkyl carbamates (subject to hydrolysis) is 1. The largest absolute Gasteiger partial charge is 0.447 e. The summed E-state index contributed by atoms with van der Waals surface area (Å²) in [6, 6.07) is 0. The summed E-state index contributed by atoms with van der Waals surface area (Å²) in [6.07, 6.45) is 2.13. The van der Waals surface area contributed by atoms with E-state index in [1.54, 1.807) is 14.0 Å². The first-order valence-electron chi connectivity index (χ1n) is 13.4. The van der Waals surface area contributed by atoms with Gasteiger partial charge >= 0.3 is 6.09 Å². The van der Waals surface area contributed by atoms with Gasteiger partial charge in [-0.15, -0.1) is 0 Å². The summed E-state index contributed by atoms with van der Waals surface area (Å²) in [5, 5.41) is 7.89. The third kappa shape index (κ3) is 17.4. The van der Waals surface area contributed by atoms with Gasteiger partial charge in [-0.25, -0.2) is 4.79 Å². The Morgan fingerprint density at radius 2 is 1.44 bits per heavy atom. The summed E-state index contributed by atoms with van der Waals surface area (Å²) in [7, 11) is 1.58. The number of rotatable bonds is 23. The molecule has 0 aromatic rings. The van der Waals surface area contributed by atoms with Gasteiger partial charge in [0.2, 0.25) is 23.6 Å². The van der Waals surface area contributed by atoms with Crippen molar-refractivity contribution in [1.82, 2.24) is 20.9 Å². The van der Waals surface area contributed by atoms with Crippen molar-refractivity contribution in [3.63, 3.8) is 0 Å². The van der Waals surface area contributed by atoms with E-state index < -0.39 is 6.09 Å². The topological polar surface area (TPSA) is 171 Å². The van der Waals surface area contributed by atoms with Crippen LogP contribution in [0, 0.1) is 5.92 Å². The van der Waals surface area contributed by atoms with Crippen molar-refractivity contribution in [2.75, 3.05) is 86.1 Å². The normalized spacial score (nSPS) is 14.9. The Labute approximate surface area is 229 Å². The predicted octanol–water partition coefficient (Wildman–Crippen LogP) is -0.403. The Morgan fingerprint density at radius 3 is 2.10 bits per heavy atom. The van der Waals surface area contributed by atoms with Crippen LogP contribution in [0.3, 0.4) is 0 Å². The van der Waals surface area contributed by atoms with Crippen molar-refractivity contribution in [2.24, 2.45) is 5.92 Å². The Morgan fingerprint density at radius 1 is 0.795 bits per heavy atom. The van der Waals surface area contributed by atoms with E-state index >= 15 is 0 Å². The van der Waals surface area contributed by atoms with Crippen LogP contribution in [-0.2, 0) is 42.9 Å². The summed E-state index contributed by atoms with van der Waals surface area (Å²) in [5.41, 5.74) is 0. The number of unbranched alkanes of at least 4 members (excludes halogenated alkanes) is 2. The molecule has 224 valence electrons. The van der Waals surface area contributed by atoms with Crippen molar-refractivity contribution in [1.29, 1.82) is 0 Å². The van der Waals surface area contributed by atoms with Crippen LogP contribution >= 0.6 is 0 Å². The van der Waals surface area contributed by atoms with E-state index in [0.29, 0.717) is 58.7 Å². The highest BCUT2D eigenvalue weighted by Gasteiger charge is 2.34. The minimum absolute atomic E-state index is 0.0519. The maximum atomic E-state index is 11.9. The molecule has 0 spiro atoms. The lowest BCUT2D eigenvalue weighted by Gasteiger charge is -2.13. The number of imide groups is 1. The van der Waals surface area contributed by atoms with Gasteiger partial charge in [0.15, 0.2) is 0 Å². The molecule has 1 aliphatic rings. The Hall–Kier alpha value is -2.81. The highest BCUT2D eigenvalue weighted by Crippen LogP contribution is 2.19. The first kappa shape index (κ1) is 34.2. The summed E-state index contributed by atoms with van der Waals surface area (Å²) in [5.74, 6) is -0.820. The molecule has 39 heavy (non-hydrogen) atoms. The first-order chi connectivity index (χ1) is 18.8. The standard InChI is InChI=1S/C25H44N4O10/c1-20-18-23(32)29(24(20)33)10-5-3-4-6-21(30)26-7-11-37-16-17-39-25(34)28-9-13-38-19-22(31)27-8-12-36-15-14-35-2/h20H,3-19H2,1-2H3,(H,26,30)(H,27,31)(H,28,34). The molecule has 0 radical (unpaired) electrons. The molecule has 1 rings (SSSR count). The predicted molar refractivity (Wildman–Crippen MR) is 139 cm³/mol. The molecule has 1 fully saturated rings. The van der Waals surface area contributed by atoms with Crippen molar-refractivity contribution >= 4 is 29.7 Å². The van der Waals surface area contributed by atoms with Gasteiger partial charge < -0.3 is 39.6 Å². The molecule has 0 aliphatic carbocycles. The van der Waals surface area contributed by atoms with Crippen LogP contribution in [0.15, 0.2) is 0 Å². The third-order valence-electron chi connectivity index (χ3n) is 5.53. The smallest absolute Gasteiger partial charge is 0.407 e. The van der Waals surface area contributed by atoms with Crippen molar-refractivity contribution < 1.29 is 47.7 Å². The Kier molecular flexibility index (Phi) is 19.3. The second-order valence-electron chi connectivity index (χ2n) is 8.83. The van der Waals surface area contributed by atoms with Gasteiger partial charge in [-0.05, 0) is 12.8 Å². The number of likely N-dealkylation sites (tertiary alicyclic amines) is 1. The van der Waals surface area contributed by atoms with Crippen molar-refractivity contribution in [3.8, 4) is 0 Å². The molecular formula is C25H44N4O10. The molecule has 0 saturated carbocycles. The van der Waals surface area contributed by atoms with Gasteiger partial charge in [-0.2, -0.15) is 0 Å². The molecule has 1 atom stereocenters. The fourth-order valence-corrected chi connectivity index (χ4v) is 3.46. The number of carbonyl (C=O) groups is 5. The van der Waals surface area contributed by atoms with Crippen molar-refractivity contribution in [2.45, 2.75) is 39.0 Å². The van der Waals surface area contributed by atoms with Gasteiger partial charge in [-0.1, -0.05) is 13.3 Å². The molecule has 1 aliphatic heterocycles. The molecule has 1 heterocycles. The molecule has 0 aromatic heterocycles. The highest BCUT2D eigenvalue weighted by atomic mass is 16.6. The van der Waals surface area contributed by atoms with E-state index in [0.717, 1.165) is 6.42 Å². The van der Waals surface area contributed by atoms with E-state index in [4.69, 9.17) is 23.7 Å². The number of carbonyl (C=O) groups excluding carboxylic acids is 5. The molecule has 0 bridgehead atoms. The fraction of sp³-hybridized carbons (Fsp3) is 0.800. The van der Waals surface area contributed by atoms with E-state index in [1.807, 2.05) is 0 Å². The van der Waals surface area contributed by atoms with Crippen molar-refractivity contribution in [3.05, 3.63) is 0 Å². The number of ether oxygens (including phenoxy) is 5. The monoisotopic (exact) mass is 560 g/mol. The zero-order valence-electron chi connectivity index (χ0n) is 23.1. The van der Waals surface area contributed by atoms with Gasteiger partial charge in [0.1, 0.15) is 13.2 Å². The number of nitrogens with one attached hydrogen (secondary N) is 3. The zero-order valence-corrected chi connectivity index (χ0v) is 23.1. The number of methoxy groups -OCH3 is 1. The maximum absolute atomic E-state index is 11.9. The summed E-state index contributed by atoms with van der Waals surface area (Å²) in [6.45, 7) is 4.97. The van der Waals surface area contributed by atoms with Gasteiger partial charge in [0.05, 0.1) is 39.6 Å². The average molecular weight is 561 g/mol. The highest BCUT2D eigenvalue weighted by molar-refractivity contribution is 6.03. The Balaban J connectivity index is 1.85. The molecule has 0 aromatic carbocycles. The molecule has 3 N–H and O–H groups in total. The summed E-state index contributed by atoms with van der Waals surface area (Å²) in [4.78, 5) is 59.9. The van der Waals surface area contributed by atoms with E-state index in [1.165, 1.54) is 4.90 Å². The van der Waals surface area contributed by atoms with Crippen LogP contribution in [0.4, 0.5) is 4.79 Å². The number of nitrogens with zero attached hydrogens (tertiary/aromatic N) is 1. The second-order valence-corrected chi connectivity index (χ2v) is 8.83. The lowest BCUT2D eigenvalue weighted by atomic mass is 10.1. The van der Waals surface area contributed by atoms with E-state index in [9.17, 15) is 24.0 Å². The average Bonchev–Trinajstić information content (AvgIpc) is 3.15. The molecule has 14 nitrogen and oxygen atoms in total. The number of hydrogen-bond donors (Lipinski definition) is 3.